The first-order chi connectivity index (χ1) is 11.7. The molecule has 3 fully saturated rings. The zero-order valence-electron chi connectivity index (χ0n) is 15.2. The molecule has 140 valence electrons. The Morgan fingerprint density at radius 1 is 1.24 bits per heavy atom. The summed E-state index contributed by atoms with van der Waals surface area (Å²) in [6.07, 6.45) is 2.28. The lowest BCUT2D eigenvalue weighted by atomic mass is 9.80. The normalized spacial score (nSPS) is 46.0. The summed E-state index contributed by atoms with van der Waals surface area (Å²) >= 11 is 0. The molecule has 7 atom stereocenters. The Labute approximate surface area is 149 Å². The highest BCUT2D eigenvalue weighted by molar-refractivity contribution is 5.90. The van der Waals surface area contributed by atoms with Crippen LogP contribution in [0.25, 0.3) is 0 Å². The number of esters is 1. The maximum atomic E-state index is 12.0. The monoisotopic (exact) mass is 350 g/mol. The standard InChI is InChI=1S/C20H30O5/c1-11-6-5-7-12(2)17(22)18-14(13(3)19(23)24-18)10-16(21)20(4)9-8-15(11)25-20/h12,14-18,21-22H,1,3,5-10H2,2,4H3/t12-,14+,15+,16+,17+,18-,20-/m0/s1. The van der Waals surface area contributed by atoms with Crippen LogP contribution in [0.15, 0.2) is 24.3 Å². The predicted molar refractivity (Wildman–Crippen MR) is 93.8 cm³/mol. The van der Waals surface area contributed by atoms with E-state index in [2.05, 4.69) is 13.2 Å². The Kier molecular flexibility index (Phi) is 5.11. The fourth-order valence-corrected chi connectivity index (χ4v) is 4.40. The van der Waals surface area contributed by atoms with Crippen molar-refractivity contribution < 1.29 is 24.5 Å². The first kappa shape index (κ1) is 18.6. The predicted octanol–water partition coefficient (Wildman–Crippen LogP) is 2.51. The lowest BCUT2D eigenvalue weighted by Gasteiger charge is -2.34. The second kappa shape index (κ2) is 6.86. The van der Waals surface area contributed by atoms with E-state index in [-0.39, 0.29) is 17.9 Å². The van der Waals surface area contributed by atoms with Crippen molar-refractivity contribution in [3.63, 3.8) is 0 Å². The molecule has 3 rings (SSSR count). The highest BCUT2D eigenvalue weighted by Gasteiger charge is 2.49. The molecule has 3 saturated heterocycles. The van der Waals surface area contributed by atoms with Crippen molar-refractivity contribution in [3.8, 4) is 0 Å². The minimum Gasteiger partial charge on any atom is -0.456 e. The van der Waals surface area contributed by atoms with E-state index in [0.29, 0.717) is 12.0 Å². The van der Waals surface area contributed by atoms with Crippen molar-refractivity contribution in [2.24, 2.45) is 11.8 Å². The smallest absolute Gasteiger partial charge is 0.334 e. The van der Waals surface area contributed by atoms with Crippen molar-refractivity contribution in [2.45, 2.75) is 82.4 Å². The van der Waals surface area contributed by atoms with Gasteiger partial charge in [-0.3, -0.25) is 0 Å². The average molecular weight is 350 g/mol. The van der Waals surface area contributed by atoms with Crippen LogP contribution in [0.4, 0.5) is 0 Å². The van der Waals surface area contributed by atoms with Gasteiger partial charge in [0.25, 0.3) is 0 Å². The summed E-state index contributed by atoms with van der Waals surface area (Å²) in [5, 5.41) is 21.6. The number of aliphatic hydroxyl groups excluding tert-OH is 2. The Morgan fingerprint density at radius 3 is 2.68 bits per heavy atom. The van der Waals surface area contributed by atoms with Gasteiger partial charge in [-0.2, -0.15) is 0 Å². The molecule has 5 nitrogen and oxygen atoms in total. The molecule has 0 spiro atoms. The molecule has 0 aromatic rings. The van der Waals surface area contributed by atoms with Gasteiger partial charge in [0.2, 0.25) is 0 Å². The minimum atomic E-state index is -0.764. The third-order valence-corrected chi connectivity index (χ3v) is 6.38. The molecular formula is C20H30O5. The number of ether oxygens (including phenoxy) is 2. The van der Waals surface area contributed by atoms with Gasteiger partial charge in [-0.25, -0.2) is 4.79 Å². The largest absolute Gasteiger partial charge is 0.456 e. The Bertz CT molecular complexity index is 570. The van der Waals surface area contributed by atoms with Crippen LogP contribution in [0.1, 0.15) is 52.4 Å². The number of aliphatic hydroxyl groups is 2. The van der Waals surface area contributed by atoms with Crippen molar-refractivity contribution in [1.82, 2.24) is 0 Å². The van der Waals surface area contributed by atoms with Crippen molar-refractivity contribution in [1.29, 1.82) is 0 Å². The molecule has 0 radical (unpaired) electrons. The molecule has 2 N–H and O–H groups in total. The number of hydrogen-bond donors (Lipinski definition) is 2. The zero-order valence-corrected chi connectivity index (χ0v) is 15.2. The molecule has 0 unspecified atom stereocenters. The summed E-state index contributed by atoms with van der Waals surface area (Å²) in [7, 11) is 0. The van der Waals surface area contributed by atoms with Gasteiger partial charge in [-0.1, -0.05) is 20.1 Å². The van der Waals surface area contributed by atoms with Crippen LogP contribution in [-0.4, -0.2) is 46.2 Å². The summed E-state index contributed by atoms with van der Waals surface area (Å²) < 4.78 is 11.6. The van der Waals surface area contributed by atoms with Gasteiger partial charge in [0, 0.05) is 11.5 Å². The van der Waals surface area contributed by atoms with E-state index in [9.17, 15) is 15.0 Å². The van der Waals surface area contributed by atoms with Gasteiger partial charge in [-0.15, -0.1) is 0 Å². The summed E-state index contributed by atoms with van der Waals surface area (Å²) in [5.74, 6) is -0.863. The molecular weight excluding hydrogens is 320 g/mol. The molecule has 5 heteroatoms. The van der Waals surface area contributed by atoms with Crippen LogP contribution >= 0.6 is 0 Å². The highest BCUT2D eigenvalue weighted by Crippen LogP contribution is 2.42. The van der Waals surface area contributed by atoms with Crippen molar-refractivity contribution in [3.05, 3.63) is 24.3 Å². The van der Waals surface area contributed by atoms with E-state index in [0.717, 1.165) is 37.7 Å². The van der Waals surface area contributed by atoms with Crippen LogP contribution < -0.4 is 0 Å². The molecule has 0 aromatic heterocycles. The van der Waals surface area contributed by atoms with Crippen LogP contribution in [0.2, 0.25) is 0 Å². The summed E-state index contributed by atoms with van der Waals surface area (Å²) in [6, 6.07) is 0. The molecule has 3 heterocycles. The van der Waals surface area contributed by atoms with Gasteiger partial charge in [0.05, 0.1) is 23.9 Å². The SMILES string of the molecule is C=C1C(=O)O[C@@H]2[C@H](O)[C@@H](C)CCCC(=C)[C@H]3CC[C@](C)(O3)[C@H](O)C[C@H]12. The van der Waals surface area contributed by atoms with E-state index in [1.165, 1.54) is 0 Å². The Morgan fingerprint density at radius 2 is 1.96 bits per heavy atom. The molecule has 2 bridgehead atoms. The minimum absolute atomic E-state index is 0.00871. The molecule has 0 aliphatic carbocycles. The van der Waals surface area contributed by atoms with Gasteiger partial charge in [0.1, 0.15) is 6.10 Å². The van der Waals surface area contributed by atoms with E-state index in [1.807, 2.05) is 13.8 Å². The van der Waals surface area contributed by atoms with Gasteiger partial charge in [-0.05, 0) is 56.9 Å². The maximum Gasteiger partial charge on any atom is 0.334 e. The summed E-state index contributed by atoms with van der Waals surface area (Å²) in [6.45, 7) is 11.9. The second-order valence-electron chi connectivity index (χ2n) is 8.23. The third-order valence-electron chi connectivity index (χ3n) is 6.38. The van der Waals surface area contributed by atoms with Crippen LogP contribution in [0, 0.1) is 11.8 Å². The number of carbonyl (C=O) groups excluding carboxylic acids is 1. The number of hydrogen-bond acceptors (Lipinski definition) is 5. The Hall–Kier alpha value is -1.17. The topological polar surface area (TPSA) is 76.0 Å². The number of carbonyl (C=O) groups is 1. The fraction of sp³-hybridized carbons (Fsp3) is 0.750. The molecule has 0 saturated carbocycles. The lowest BCUT2D eigenvalue weighted by Crippen LogP contribution is -2.44. The molecule has 3 aliphatic heterocycles. The van der Waals surface area contributed by atoms with Crippen LogP contribution in [-0.2, 0) is 14.3 Å². The average Bonchev–Trinajstić information content (AvgIpc) is 3.10. The molecule has 25 heavy (non-hydrogen) atoms. The van der Waals surface area contributed by atoms with Gasteiger partial charge < -0.3 is 19.7 Å². The van der Waals surface area contributed by atoms with Crippen molar-refractivity contribution in [2.75, 3.05) is 0 Å². The maximum absolute atomic E-state index is 12.0. The van der Waals surface area contributed by atoms with Crippen LogP contribution in [0.5, 0.6) is 0 Å². The Balaban J connectivity index is 1.88. The van der Waals surface area contributed by atoms with E-state index < -0.39 is 29.9 Å². The summed E-state index contributed by atoms with van der Waals surface area (Å²) in [5.41, 5.74) is 0.731. The fourth-order valence-electron chi connectivity index (χ4n) is 4.40. The molecule has 0 amide bonds. The summed E-state index contributed by atoms with van der Waals surface area (Å²) in [4.78, 5) is 12.0. The molecule has 3 aliphatic rings. The first-order valence-corrected chi connectivity index (χ1v) is 9.34. The number of fused-ring (bicyclic) bond motifs is 3. The lowest BCUT2D eigenvalue weighted by molar-refractivity contribution is -0.147. The molecule has 0 aromatic carbocycles. The quantitative estimate of drug-likeness (QED) is 0.399. The van der Waals surface area contributed by atoms with Crippen LogP contribution in [0.3, 0.4) is 0 Å². The highest BCUT2D eigenvalue weighted by atomic mass is 16.6. The third kappa shape index (κ3) is 3.42. The first-order valence-electron chi connectivity index (χ1n) is 9.34. The van der Waals surface area contributed by atoms with Gasteiger partial charge >= 0.3 is 5.97 Å². The second-order valence-corrected chi connectivity index (χ2v) is 8.23. The zero-order chi connectivity index (χ0) is 18.4. The van der Waals surface area contributed by atoms with E-state index in [1.54, 1.807) is 0 Å². The number of rotatable bonds is 0. The van der Waals surface area contributed by atoms with Crippen molar-refractivity contribution >= 4 is 5.97 Å². The van der Waals surface area contributed by atoms with E-state index in [4.69, 9.17) is 9.47 Å². The van der Waals surface area contributed by atoms with Gasteiger partial charge in [0.15, 0.2) is 0 Å². The van der Waals surface area contributed by atoms with E-state index >= 15 is 0 Å².